The van der Waals surface area contributed by atoms with Crippen molar-refractivity contribution >= 4 is 18.1 Å². The number of aromatic amines is 1. The lowest BCUT2D eigenvalue weighted by molar-refractivity contribution is -0.120. The van der Waals surface area contributed by atoms with Crippen LogP contribution in [0.25, 0.3) is 12.2 Å². The fourth-order valence-electron chi connectivity index (χ4n) is 2.94. The third-order valence-electron chi connectivity index (χ3n) is 4.22. The van der Waals surface area contributed by atoms with Crippen LogP contribution in [0.3, 0.4) is 0 Å². The Bertz CT molecular complexity index is 880. The SMILES string of the molecule is CC.CC1=CC2=C(C=CC1)NC(=O)CC2.O=c1ccc2c([nH]1)C=CCC=C2. The summed E-state index contributed by atoms with van der Waals surface area (Å²) >= 11 is 0. The van der Waals surface area contributed by atoms with Crippen molar-refractivity contribution in [1.82, 2.24) is 10.3 Å². The van der Waals surface area contributed by atoms with Crippen LogP contribution >= 0.6 is 0 Å². The molecule has 1 aromatic rings. The molecule has 0 saturated heterocycles. The molecule has 1 aliphatic heterocycles. The Morgan fingerprint density at radius 3 is 2.52 bits per heavy atom. The molecule has 0 bridgehead atoms. The van der Waals surface area contributed by atoms with Gasteiger partial charge in [-0.15, -0.1) is 0 Å². The van der Waals surface area contributed by atoms with Crippen molar-refractivity contribution in [3.63, 3.8) is 0 Å². The molecule has 142 valence electrons. The molecule has 0 atom stereocenters. The minimum Gasteiger partial charge on any atom is -0.326 e. The zero-order chi connectivity index (χ0) is 19.6. The normalized spacial score (nSPS) is 17.0. The summed E-state index contributed by atoms with van der Waals surface area (Å²) in [5.41, 5.74) is 5.55. The van der Waals surface area contributed by atoms with E-state index in [1.807, 2.05) is 44.2 Å². The lowest BCUT2D eigenvalue weighted by Crippen LogP contribution is -2.26. The second kappa shape index (κ2) is 10.3. The molecule has 4 nitrogen and oxygen atoms in total. The molecule has 0 saturated carbocycles. The van der Waals surface area contributed by atoms with Gasteiger partial charge >= 0.3 is 0 Å². The van der Waals surface area contributed by atoms with E-state index in [-0.39, 0.29) is 11.5 Å². The van der Waals surface area contributed by atoms with Gasteiger partial charge in [0.2, 0.25) is 11.5 Å². The summed E-state index contributed by atoms with van der Waals surface area (Å²) in [5, 5.41) is 2.89. The topological polar surface area (TPSA) is 62.0 Å². The summed E-state index contributed by atoms with van der Waals surface area (Å²) in [6.07, 6.45) is 17.8. The average molecular weight is 364 g/mol. The van der Waals surface area contributed by atoms with E-state index in [0.29, 0.717) is 6.42 Å². The number of fused-ring (bicyclic) bond motifs is 1. The second-order valence-corrected chi connectivity index (χ2v) is 6.32. The highest BCUT2D eigenvalue weighted by Gasteiger charge is 2.15. The molecular weight excluding hydrogens is 336 g/mol. The number of H-pyrrole nitrogens is 1. The molecule has 0 radical (unpaired) electrons. The predicted octanol–water partition coefficient (Wildman–Crippen LogP) is 4.89. The first-order chi connectivity index (χ1) is 13.1. The molecule has 0 spiro atoms. The lowest BCUT2D eigenvalue weighted by atomic mass is 10.0. The van der Waals surface area contributed by atoms with Gasteiger partial charge in [0, 0.05) is 23.9 Å². The van der Waals surface area contributed by atoms with Gasteiger partial charge in [-0.3, -0.25) is 9.59 Å². The molecule has 1 aromatic heterocycles. The molecule has 4 rings (SSSR count). The van der Waals surface area contributed by atoms with E-state index in [0.717, 1.165) is 36.2 Å². The number of nitrogens with one attached hydrogen (secondary N) is 2. The number of hydrogen-bond acceptors (Lipinski definition) is 2. The van der Waals surface area contributed by atoms with E-state index in [4.69, 9.17) is 0 Å². The quantitative estimate of drug-likeness (QED) is 0.688. The van der Waals surface area contributed by atoms with Gasteiger partial charge in [-0.2, -0.15) is 0 Å². The lowest BCUT2D eigenvalue weighted by Gasteiger charge is -2.15. The van der Waals surface area contributed by atoms with Crippen LogP contribution in [0, 0.1) is 0 Å². The van der Waals surface area contributed by atoms with Crippen LogP contribution in [0.15, 0.2) is 64.2 Å². The highest BCUT2D eigenvalue weighted by molar-refractivity contribution is 5.80. The Kier molecular flexibility index (Phi) is 7.80. The number of carbonyl (C=O) groups excluding carboxylic acids is 1. The molecule has 0 fully saturated rings. The van der Waals surface area contributed by atoms with Crippen LogP contribution < -0.4 is 10.9 Å². The molecule has 2 aliphatic carbocycles. The molecule has 4 heteroatoms. The van der Waals surface area contributed by atoms with Crippen molar-refractivity contribution in [2.75, 3.05) is 0 Å². The first kappa shape index (κ1) is 20.4. The molecule has 2 N–H and O–H groups in total. The summed E-state index contributed by atoms with van der Waals surface area (Å²) in [5.74, 6) is 0.136. The zero-order valence-electron chi connectivity index (χ0n) is 16.3. The summed E-state index contributed by atoms with van der Waals surface area (Å²) in [6.45, 7) is 6.12. The van der Waals surface area contributed by atoms with Gasteiger partial charge in [0.1, 0.15) is 0 Å². The maximum Gasteiger partial charge on any atom is 0.248 e. The monoisotopic (exact) mass is 364 g/mol. The Balaban J connectivity index is 0.000000178. The van der Waals surface area contributed by atoms with Gasteiger partial charge < -0.3 is 10.3 Å². The standard InChI is InChI=1S/C11H13NO.C10H9NO.C2H6/c1-8-3-2-4-10-9(7-8)5-6-11(13)12-10;12-10-7-6-8-4-2-1-3-5-9(8)11-10;1-2/h2,4,7H,3,5-6H2,1H3,(H,12,13);2-7H,1H2,(H,11,12);1-2H3. The van der Waals surface area contributed by atoms with Crippen molar-refractivity contribution in [2.45, 2.75) is 46.5 Å². The molecular formula is C23H28N2O2. The minimum absolute atomic E-state index is 0.0475. The number of aromatic nitrogens is 1. The fourth-order valence-corrected chi connectivity index (χ4v) is 2.94. The highest BCUT2D eigenvalue weighted by atomic mass is 16.1. The van der Waals surface area contributed by atoms with Crippen molar-refractivity contribution in [2.24, 2.45) is 0 Å². The molecule has 27 heavy (non-hydrogen) atoms. The number of amides is 1. The van der Waals surface area contributed by atoms with Crippen LogP contribution in [-0.4, -0.2) is 10.9 Å². The Morgan fingerprint density at radius 1 is 0.926 bits per heavy atom. The van der Waals surface area contributed by atoms with Crippen molar-refractivity contribution in [3.8, 4) is 0 Å². The fraction of sp³-hybridized carbons (Fsp3) is 0.304. The van der Waals surface area contributed by atoms with E-state index in [1.54, 1.807) is 6.07 Å². The van der Waals surface area contributed by atoms with E-state index >= 15 is 0 Å². The van der Waals surface area contributed by atoms with Crippen molar-refractivity contribution in [1.29, 1.82) is 0 Å². The molecule has 1 amide bonds. The van der Waals surface area contributed by atoms with Crippen molar-refractivity contribution in [3.05, 3.63) is 81.0 Å². The Morgan fingerprint density at radius 2 is 1.70 bits per heavy atom. The third kappa shape index (κ3) is 6.10. The number of carbonyl (C=O) groups is 1. The molecule has 0 unspecified atom stereocenters. The van der Waals surface area contributed by atoms with Crippen LogP contribution in [0.2, 0.25) is 0 Å². The van der Waals surface area contributed by atoms with Crippen LogP contribution in [0.1, 0.15) is 57.7 Å². The van der Waals surface area contributed by atoms with Gasteiger partial charge in [0.05, 0.1) is 0 Å². The predicted molar refractivity (Wildman–Crippen MR) is 113 cm³/mol. The van der Waals surface area contributed by atoms with E-state index < -0.39 is 0 Å². The first-order valence-electron chi connectivity index (χ1n) is 9.55. The maximum atomic E-state index is 11.1. The van der Waals surface area contributed by atoms with Gasteiger partial charge in [-0.05, 0) is 55.5 Å². The summed E-state index contributed by atoms with van der Waals surface area (Å²) in [7, 11) is 0. The summed E-state index contributed by atoms with van der Waals surface area (Å²) < 4.78 is 0. The summed E-state index contributed by atoms with van der Waals surface area (Å²) in [6, 6.07) is 3.38. The van der Waals surface area contributed by atoms with Gasteiger partial charge in [0.25, 0.3) is 0 Å². The first-order valence-corrected chi connectivity index (χ1v) is 9.55. The van der Waals surface area contributed by atoms with Crippen LogP contribution in [0.4, 0.5) is 0 Å². The van der Waals surface area contributed by atoms with E-state index in [1.165, 1.54) is 11.1 Å². The minimum atomic E-state index is -0.0475. The van der Waals surface area contributed by atoms with Crippen LogP contribution in [0.5, 0.6) is 0 Å². The van der Waals surface area contributed by atoms with Gasteiger partial charge in [0.15, 0.2) is 0 Å². The molecule has 0 aromatic carbocycles. The van der Waals surface area contributed by atoms with E-state index in [2.05, 4.69) is 35.5 Å². The third-order valence-corrected chi connectivity index (χ3v) is 4.22. The number of pyridine rings is 1. The number of hydrogen-bond donors (Lipinski definition) is 2. The van der Waals surface area contributed by atoms with Gasteiger partial charge in [-0.1, -0.05) is 49.8 Å². The summed E-state index contributed by atoms with van der Waals surface area (Å²) in [4.78, 5) is 24.8. The largest absolute Gasteiger partial charge is 0.326 e. The zero-order valence-corrected chi connectivity index (χ0v) is 16.3. The van der Waals surface area contributed by atoms with Crippen molar-refractivity contribution < 1.29 is 4.79 Å². The Labute approximate surface area is 161 Å². The molecule has 2 heterocycles. The van der Waals surface area contributed by atoms with Gasteiger partial charge in [-0.25, -0.2) is 0 Å². The maximum absolute atomic E-state index is 11.1. The highest BCUT2D eigenvalue weighted by Crippen LogP contribution is 2.22. The second-order valence-electron chi connectivity index (χ2n) is 6.32. The smallest absolute Gasteiger partial charge is 0.248 e. The van der Waals surface area contributed by atoms with E-state index in [9.17, 15) is 9.59 Å². The Hall–Kier alpha value is -2.88. The average Bonchev–Trinajstić information content (AvgIpc) is 3.01. The number of allylic oxidation sites excluding steroid dienone is 7. The number of rotatable bonds is 0. The van der Waals surface area contributed by atoms with Crippen LogP contribution in [-0.2, 0) is 4.79 Å². The molecule has 3 aliphatic rings.